The van der Waals surface area contributed by atoms with E-state index in [2.05, 4.69) is 46.7 Å². The molecule has 0 aliphatic rings. The highest BCUT2D eigenvalue weighted by Crippen LogP contribution is 2.05. The standard InChI is InChI=1S/C35H66N10O10/c1-23(2)42-25(31(36)49)13-7-10-17-38-28(46)21-45(22-29(47)39-18-11-8-14-26(32(37)50)43-24(3)4)30(48)16-20-40-33(51)27(44-35(53)55-6)15-9-12-19-41-34(52)54-5/h23-27,42-43H,7-22H2,1-6H3,(H2,36,49)(H2,37,50)(H,38,46)(H,39,47)(H,40,51)(H,41,52)(H,44,53). The molecule has 0 aromatic heterocycles. The van der Waals surface area contributed by atoms with Crippen LogP contribution in [0.3, 0.4) is 0 Å². The SMILES string of the molecule is COC(=O)NCCCCC(NC(=O)OC)C(=O)NCCC(=O)N(CC(=O)NCCCCC(NC(C)C)C(N)=O)CC(=O)NCCCCC(NC(C)C)C(N)=O. The van der Waals surface area contributed by atoms with Gasteiger partial charge in [-0.15, -0.1) is 0 Å². The van der Waals surface area contributed by atoms with Crippen LogP contribution >= 0.6 is 0 Å². The second kappa shape index (κ2) is 29.6. The lowest BCUT2D eigenvalue weighted by Gasteiger charge is -2.23. The van der Waals surface area contributed by atoms with E-state index in [0.717, 1.165) is 12.0 Å². The second-order valence-corrected chi connectivity index (χ2v) is 13.6. The third kappa shape index (κ3) is 25.9. The van der Waals surface area contributed by atoms with E-state index in [1.54, 1.807) is 0 Å². The zero-order valence-corrected chi connectivity index (χ0v) is 33.4. The van der Waals surface area contributed by atoms with Crippen LogP contribution in [0.5, 0.6) is 0 Å². The summed E-state index contributed by atoms with van der Waals surface area (Å²) < 4.78 is 9.13. The van der Waals surface area contributed by atoms with Gasteiger partial charge < -0.3 is 63.1 Å². The molecule has 316 valence electrons. The molecule has 0 aliphatic carbocycles. The van der Waals surface area contributed by atoms with Gasteiger partial charge in [-0.25, -0.2) is 9.59 Å². The van der Waals surface area contributed by atoms with Gasteiger partial charge in [0.1, 0.15) is 19.1 Å². The molecule has 20 nitrogen and oxygen atoms in total. The number of nitrogens with zero attached hydrogens (tertiary/aromatic N) is 1. The Labute approximate surface area is 324 Å². The molecule has 0 saturated carbocycles. The number of hydrogen-bond acceptors (Lipinski definition) is 12. The molecule has 0 heterocycles. The highest BCUT2D eigenvalue weighted by molar-refractivity contribution is 5.90. The second-order valence-electron chi connectivity index (χ2n) is 13.6. The summed E-state index contributed by atoms with van der Waals surface area (Å²) in [5.74, 6) is -3.08. The van der Waals surface area contributed by atoms with E-state index in [4.69, 9.17) is 11.5 Å². The van der Waals surface area contributed by atoms with Crippen molar-refractivity contribution >= 4 is 47.6 Å². The number of unbranched alkanes of at least 4 members (excludes halogenated alkanes) is 3. The van der Waals surface area contributed by atoms with Gasteiger partial charge in [0.2, 0.25) is 35.4 Å². The fourth-order valence-corrected chi connectivity index (χ4v) is 5.29. The van der Waals surface area contributed by atoms with E-state index in [1.165, 1.54) is 7.11 Å². The monoisotopic (exact) mass is 786 g/mol. The molecule has 0 saturated heterocycles. The number of carbonyl (C=O) groups excluding carboxylic acids is 8. The number of primary amides is 2. The molecule has 55 heavy (non-hydrogen) atoms. The number of alkyl carbamates (subject to hydrolysis) is 2. The number of methoxy groups -OCH3 is 2. The fourth-order valence-electron chi connectivity index (χ4n) is 5.29. The Kier molecular flexibility index (Phi) is 27.1. The summed E-state index contributed by atoms with van der Waals surface area (Å²) in [6.45, 7) is 7.44. The first-order valence-electron chi connectivity index (χ1n) is 18.9. The van der Waals surface area contributed by atoms with Crippen LogP contribution in [-0.2, 0) is 38.2 Å². The Balaban J connectivity index is 5.31. The summed E-state index contributed by atoms with van der Waals surface area (Å²) in [5.41, 5.74) is 10.9. The molecule has 20 heteroatoms. The number of carbonyl (C=O) groups is 8. The van der Waals surface area contributed by atoms with Crippen molar-refractivity contribution < 1.29 is 47.8 Å². The maximum absolute atomic E-state index is 13.3. The average molecular weight is 787 g/mol. The minimum atomic E-state index is -0.993. The number of ether oxygens (including phenoxy) is 2. The van der Waals surface area contributed by atoms with Gasteiger partial charge in [0, 0.05) is 44.7 Å². The molecule has 8 amide bonds. The summed E-state index contributed by atoms with van der Waals surface area (Å²) in [6, 6.07) is -1.85. The molecular formula is C35H66N10O10. The van der Waals surface area contributed by atoms with E-state index in [1.807, 2.05) is 27.7 Å². The van der Waals surface area contributed by atoms with Crippen molar-refractivity contribution in [3.05, 3.63) is 0 Å². The van der Waals surface area contributed by atoms with Crippen molar-refractivity contribution in [2.75, 3.05) is 53.5 Å². The predicted octanol–water partition coefficient (Wildman–Crippen LogP) is -1.15. The van der Waals surface area contributed by atoms with Gasteiger partial charge in [-0.1, -0.05) is 27.7 Å². The average Bonchev–Trinajstić information content (AvgIpc) is 3.11. The molecule has 0 aromatic carbocycles. The summed E-state index contributed by atoms with van der Waals surface area (Å²) in [4.78, 5) is 99.6. The summed E-state index contributed by atoms with van der Waals surface area (Å²) in [7, 11) is 2.39. The lowest BCUT2D eigenvalue weighted by atomic mass is 10.1. The zero-order valence-electron chi connectivity index (χ0n) is 33.4. The largest absolute Gasteiger partial charge is 0.453 e. The van der Waals surface area contributed by atoms with Crippen LogP contribution in [-0.4, -0.2) is 136 Å². The van der Waals surface area contributed by atoms with Gasteiger partial charge in [0.25, 0.3) is 0 Å². The molecule has 0 aromatic rings. The van der Waals surface area contributed by atoms with Gasteiger partial charge in [-0.3, -0.25) is 28.8 Å². The van der Waals surface area contributed by atoms with E-state index in [9.17, 15) is 38.4 Å². The minimum absolute atomic E-state index is 0.0681. The van der Waals surface area contributed by atoms with Crippen LogP contribution in [0.2, 0.25) is 0 Å². The Hall–Kier alpha value is -4.72. The summed E-state index contributed by atoms with van der Waals surface area (Å²) in [6.07, 6.45) is 2.73. The van der Waals surface area contributed by atoms with Gasteiger partial charge in [0.15, 0.2) is 0 Å². The highest BCUT2D eigenvalue weighted by atomic mass is 16.5. The van der Waals surface area contributed by atoms with Crippen LogP contribution in [0.4, 0.5) is 9.59 Å². The van der Waals surface area contributed by atoms with Crippen LogP contribution < -0.4 is 48.7 Å². The van der Waals surface area contributed by atoms with Crippen molar-refractivity contribution in [1.82, 2.24) is 42.1 Å². The van der Waals surface area contributed by atoms with Crippen LogP contribution in [0, 0.1) is 0 Å². The Morgan fingerprint density at radius 3 is 1.36 bits per heavy atom. The van der Waals surface area contributed by atoms with Crippen molar-refractivity contribution in [1.29, 1.82) is 0 Å². The number of rotatable bonds is 30. The molecule has 3 unspecified atom stereocenters. The third-order valence-corrected chi connectivity index (χ3v) is 8.07. The molecule has 0 spiro atoms. The van der Waals surface area contributed by atoms with Gasteiger partial charge in [-0.2, -0.15) is 0 Å². The quantitative estimate of drug-likeness (QED) is 0.0390. The summed E-state index contributed by atoms with van der Waals surface area (Å²) >= 11 is 0. The zero-order chi connectivity index (χ0) is 41.8. The molecule has 0 bridgehead atoms. The van der Waals surface area contributed by atoms with Crippen molar-refractivity contribution in [3.8, 4) is 0 Å². The van der Waals surface area contributed by atoms with E-state index in [0.29, 0.717) is 57.9 Å². The number of nitrogens with two attached hydrogens (primary N) is 2. The molecule has 3 atom stereocenters. The van der Waals surface area contributed by atoms with Crippen LogP contribution in [0.1, 0.15) is 91.9 Å². The minimum Gasteiger partial charge on any atom is -0.453 e. The molecule has 0 aliphatic heterocycles. The van der Waals surface area contributed by atoms with E-state index >= 15 is 0 Å². The molecular weight excluding hydrogens is 720 g/mol. The Morgan fingerprint density at radius 1 is 0.545 bits per heavy atom. The first kappa shape index (κ1) is 50.3. The van der Waals surface area contributed by atoms with Crippen molar-refractivity contribution in [2.45, 2.75) is 122 Å². The van der Waals surface area contributed by atoms with E-state index < -0.39 is 78.8 Å². The van der Waals surface area contributed by atoms with Gasteiger partial charge in [-0.05, 0) is 57.8 Å². The normalized spacial score (nSPS) is 12.5. The number of hydrogen-bond donors (Lipinski definition) is 9. The molecule has 0 radical (unpaired) electrons. The third-order valence-electron chi connectivity index (χ3n) is 8.07. The maximum atomic E-state index is 13.3. The first-order valence-corrected chi connectivity index (χ1v) is 18.9. The fraction of sp³-hybridized carbons (Fsp3) is 0.771. The van der Waals surface area contributed by atoms with Gasteiger partial charge in [0.05, 0.1) is 26.3 Å². The Morgan fingerprint density at radius 2 is 0.964 bits per heavy atom. The first-order chi connectivity index (χ1) is 26.0. The van der Waals surface area contributed by atoms with Gasteiger partial charge >= 0.3 is 12.2 Å². The molecule has 11 N–H and O–H groups in total. The van der Waals surface area contributed by atoms with Crippen molar-refractivity contribution in [2.24, 2.45) is 11.5 Å². The lowest BCUT2D eigenvalue weighted by molar-refractivity contribution is -0.139. The summed E-state index contributed by atoms with van der Waals surface area (Å²) in [5, 5.41) is 19.2. The van der Waals surface area contributed by atoms with Crippen LogP contribution in [0.25, 0.3) is 0 Å². The maximum Gasteiger partial charge on any atom is 0.407 e. The lowest BCUT2D eigenvalue weighted by Crippen LogP contribution is -2.49. The van der Waals surface area contributed by atoms with E-state index in [-0.39, 0.29) is 44.6 Å². The number of amides is 8. The highest BCUT2D eigenvalue weighted by Gasteiger charge is 2.24. The van der Waals surface area contributed by atoms with Crippen molar-refractivity contribution in [3.63, 3.8) is 0 Å². The topological polar surface area (TPSA) is 295 Å². The van der Waals surface area contributed by atoms with Crippen LogP contribution in [0.15, 0.2) is 0 Å². The molecule has 0 rings (SSSR count). The smallest absolute Gasteiger partial charge is 0.407 e. The molecule has 0 fully saturated rings. The Bertz CT molecular complexity index is 1170. The number of nitrogens with one attached hydrogen (secondary N) is 7. The predicted molar refractivity (Wildman–Crippen MR) is 204 cm³/mol.